The highest BCUT2D eigenvalue weighted by Gasteiger charge is 2.17. The van der Waals surface area contributed by atoms with Crippen molar-refractivity contribution in [2.24, 2.45) is 5.92 Å². The summed E-state index contributed by atoms with van der Waals surface area (Å²) in [6, 6.07) is 0. The van der Waals surface area contributed by atoms with Gasteiger partial charge in [-0.2, -0.15) is 0 Å². The van der Waals surface area contributed by atoms with Crippen molar-refractivity contribution in [3.8, 4) is 0 Å². The van der Waals surface area contributed by atoms with Crippen molar-refractivity contribution in [2.45, 2.75) is 45.8 Å². The molecule has 3 unspecified atom stereocenters. The lowest BCUT2D eigenvalue weighted by Crippen LogP contribution is -2.25. The van der Waals surface area contributed by atoms with Gasteiger partial charge in [0, 0.05) is 6.61 Å². The van der Waals surface area contributed by atoms with Crippen molar-refractivity contribution in [3.05, 3.63) is 0 Å². The molecule has 0 rings (SSSR count). The molecule has 0 radical (unpaired) electrons. The normalized spacial score (nSPS) is 18.2. The quantitative estimate of drug-likeness (QED) is 0.634. The summed E-state index contributed by atoms with van der Waals surface area (Å²) >= 11 is 0. The Morgan fingerprint density at radius 1 is 1.23 bits per heavy atom. The van der Waals surface area contributed by atoms with E-state index in [0.29, 0.717) is 19.6 Å². The van der Waals surface area contributed by atoms with Gasteiger partial charge in [0.2, 0.25) is 0 Å². The molecular formula is C10H22O3. The second-order valence-electron chi connectivity index (χ2n) is 3.46. The molecule has 2 N–H and O–H groups in total. The molecule has 80 valence electrons. The molecule has 3 nitrogen and oxygen atoms in total. The summed E-state index contributed by atoms with van der Waals surface area (Å²) in [6.07, 6.45) is 0.718. The third kappa shape index (κ3) is 6.02. The first kappa shape index (κ1) is 12.9. The van der Waals surface area contributed by atoms with Crippen LogP contribution >= 0.6 is 0 Å². The van der Waals surface area contributed by atoms with Crippen LogP contribution in [-0.2, 0) is 4.74 Å². The van der Waals surface area contributed by atoms with E-state index in [-0.39, 0.29) is 12.0 Å². The minimum absolute atomic E-state index is 0.176. The number of rotatable bonds is 7. The van der Waals surface area contributed by atoms with Crippen molar-refractivity contribution >= 4 is 0 Å². The summed E-state index contributed by atoms with van der Waals surface area (Å²) < 4.78 is 5.09. The highest BCUT2D eigenvalue weighted by molar-refractivity contribution is 4.68. The summed E-state index contributed by atoms with van der Waals surface area (Å²) in [6.45, 7) is 6.69. The van der Waals surface area contributed by atoms with Crippen LogP contribution < -0.4 is 0 Å². The lowest BCUT2D eigenvalue weighted by molar-refractivity contribution is 0.0109. The Bertz CT molecular complexity index is 115. The van der Waals surface area contributed by atoms with Crippen LogP contribution in [0.25, 0.3) is 0 Å². The van der Waals surface area contributed by atoms with E-state index in [1.807, 2.05) is 13.8 Å². The van der Waals surface area contributed by atoms with E-state index >= 15 is 0 Å². The monoisotopic (exact) mass is 190 g/mol. The van der Waals surface area contributed by atoms with Crippen LogP contribution in [0.3, 0.4) is 0 Å². The van der Waals surface area contributed by atoms with E-state index in [4.69, 9.17) is 4.74 Å². The van der Waals surface area contributed by atoms with Gasteiger partial charge in [-0.05, 0) is 26.2 Å². The number of ether oxygens (including phenoxy) is 1. The highest BCUT2D eigenvalue weighted by Crippen LogP contribution is 2.15. The largest absolute Gasteiger partial charge is 0.393 e. The molecule has 0 bridgehead atoms. The average Bonchev–Trinajstić information content (AvgIpc) is 2.10. The smallest absolute Gasteiger partial charge is 0.0777 e. The zero-order valence-corrected chi connectivity index (χ0v) is 8.86. The molecule has 3 heteroatoms. The van der Waals surface area contributed by atoms with E-state index in [0.717, 1.165) is 6.42 Å². The molecule has 13 heavy (non-hydrogen) atoms. The van der Waals surface area contributed by atoms with Gasteiger partial charge in [0.1, 0.15) is 0 Å². The van der Waals surface area contributed by atoms with Gasteiger partial charge < -0.3 is 14.9 Å². The minimum atomic E-state index is -0.445. The molecule has 0 heterocycles. The molecule has 0 spiro atoms. The van der Waals surface area contributed by atoms with Crippen molar-refractivity contribution in [3.63, 3.8) is 0 Å². The van der Waals surface area contributed by atoms with Crippen LogP contribution in [0.4, 0.5) is 0 Å². The first-order valence-electron chi connectivity index (χ1n) is 5.05. The van der Waals surface area contributed by atoms with Gasteiger partial charge in [0.15, 0.2) is 0 Å². The lowest BCUT2D eigenvalue weighted by atomic mass is 9.94. The maximum absolute atomic E-state index is 9.49. The second-order valence-corrected chi connectivity index (χ2v) is 3.46. The second kappa shape index (κ2) is 7.30. The van der Waals surface area contributed by atoms with Crippen molar-refractivity contribution in [1.29, 1.82) is 0 Å². The molecule has 0 aromatic rings. The topological polar surface area (TPSA) is 49.7 Å². The van der Waals surface area contributed by atoms with Crippen LogP contribution in [0.1, 0.15) is 33.6 Å². The van der Waals surface area contributed by atoms with Gasteiger partial charge in [-0.3, -0.25) is 0 Å². The molecular weight excluding hydrogens is 168 g/mol. The number of aliphatic hydroxyl groups is 2. The number of aliphatic hydroxyl groups excluding tert-OH is 2. The van der Waals surface area contributed by atoms with E-state index in [2.05, 4.69) is 0 Å². The maximum Gasteiger partial charge on any atom is 0.0777 e. The Kier molecular flexibility index (Phi) is 7.23. The zero-order valence-electron chi connectivity index (χ0n) is 8.86. The highest BCUT2D eigenvalue weighted by atomic mass is 16.5. The fourth-order valence-corrected chi connectivity index (χ4v) is 1.38. The maximum atomic E-state index is 9.49. The number of hydrogen-bond acceptors (Lipinski definition) is 3. The average molecular weight is 190 g/mol. The van der Waals surface area contributed by atoms with Gasteiger partial charge in [-0.25, -0.2) is 0 Å². The zero-order chi connectivity index (χ0) is 10.3. The molecule has 3 atom stereocenters. The Morgan fingerprint density at radius 3 is 2.23 bits per heavy atom. The Hall–Kier alpha value is -0.120. The van der Waals surface area contributed by atoms with Crippen LogP contribution in [0, 0.1) is 5.92 Å². The summed E-state index contributed by atoms with van der Waals surface area (Å²) in [4.78, 5) is 0. The summed E-state index contributed by atoms with van der Waals surface area (Å²) in [5.41, 5.74) is 0. The molecule has 0 aliphatic rings. The SMILES string of the molecule is CCOCC(O)CC(CC)C(C)O. The minimum Gasteiger partial charge on any atom is -0.393 e. The molecule has 0 aliphatic heterocycles. The first-order valence-corrected chi connectivity index (χ1v) is 5.05. The number of hydrogen-bond donors (Lipinski definition) is 2. The van der Waals surface area contributed by atoms with Gasteiger partial charge in [0.05, 0.1) is 18.8 Å². The summed E-state index contributed by atoms with van der Waals surface area (Å²) in [7, 11) is 0. The summed E-state index contributed by atoms with van der Waals surface area (Å²) in [5, 5.41) is 18.8. The van der Waals surface area contributed by atoms with Gasteiger partial charge in [-0.1, -0.05) is 13.3 Å². The van der Waals surface area contributed by atoms with Crippen molar-refractivity contribution in [2.75, 3.05) is 13.2 Å². The molecule has 0 saturated heterocycles. The van der Waals surface area contributed by atoms with Gasteiger partial charge in [-0.15, -0.1) is 0 Å². The Morgan fingerprint density at radius 2 is 1.85 bits per heavy atom. The van der Waals surface area contributed by atoms with Gasteiger partial charge in [0.25, 0.3) is 0 Å². The standard InChI is InChI=1S/C10H22O3/c1-4-9(8(3)11)6-10(12)7-13-5-2/h8-12H,4-7H2,1-3H3. The first-order chi connectivity index (χ1) is 6.11. The van der Waals surface area contributed by atoms with E-state index in [1.165, 1.54) is 0 Å². The van der Waals surface area contributed by atoms with E-state index in [9.17, 15) is 10.2 Å². The Balaban J connectivity index is 3.66. The lowest BCUT2D eigenvalue weighted by Gasteiger charge is -2.21. The molecule has 0 saturated carbocycles. The van der Waals surface area contributed by atoms with Crippen molar-refractivity contribution in [1.82, 2.24) is 0 Å². The molecule has 0 amide bonds. The molecule has 0 aromatic carbocycles. The van der Waals surface area contributed by atoms with Crippen LogP contribution in [0.2, 0.25) is 0 Å². The fraction of sp³-hybridized carbons (Fsp3) is 1.00. The van der Waals surface area contributed by atoms with Crippen LogP contribution in [0.5, 0.6) is 0 Å². The molecule has 0 aromatic heterocycles. The predicted octanol–water partition coefficient (Wildman–Crippen LogP) is 1.18. The van der Waals surface area contributed by atoms with E-state index < -0.39 is 6.10 Å². The third-order valence-electron chi connectivity index (χ3n) is 2.30. The molecule has 0 fully saturated rings. The predicted molar refractivity (Wildman–Crippen MR) is 52.6 cm³/mol. The van der Waals surface area contributed by atoms with Gasteiger partial charge >= 0.3 is 0 Å². The van der Waals surface area contributed by atoms with E-state index in [1.54, 1.807) is 6.92 Å². The van der Waals surface area contributed by atoms with Crippen LogP contribution in [-0.4, -0.2) is 35.6 Å². The molecule has 0 aliphatic carbocycles. The van der Waals surface area contributed by atoms with Crippen LogP contribution in [0.15, 0.2) is 0 Å². The third-order valence-corrected chi connectivity index (χ3v) is 2.30. The van der Waals surface area contributed by atoms with Crippen molar-refractivity contribution < 1.29 is 14.9 Å². The summed E-state index contributed by atoms with van der Waals surface area (Å²) in [5.74, 6) is 0.176. The Labute approximate surface area is 80.7 Å². The fourth-order valence-electron chi connectivity index (χ4n) is 1.38.